The lowest BCUT2D eigenvalue weighted by atomic mass is 10.1. The summed E-state index contributed by atoms with van der Waals surface area (Å²) < 4.78 is 5.92. The van der Waals surface area contributed by atoms with Gasteiger partial charge in [0.05, 0.1) is 0 Å². The van der Waals surface area contributed by atoms with Gasteiger partial charge in [-0.3, -0.25) is 4.79 Å². The van der Waals surface area contributed by atoms with E-state index in [-0.39, 0.29) is 5.91 Å². The molecule has 1 heterocycles. The van der Waals surface area contributed by atoms with Crippen LogP contribution in [0.3, 0.4) is 0 Å². The van der Waals surface area contributed by atoms with Gasteiger partial charge in [-0.2, -0.15) is 0 Å². The topological polar surface area (TPSA) is 54.3 Å². The second-order valence-corrected chi connectivity index (χ2v) is 5.73. The summed E-state index contributed by atoms with van der Waals surface area (Å²) in [5, 5.41) is 9.33. The molecule has 0 aliphatic carbocycles. The molecule has 4 heteroatoms. The van der Waals surface area contributed by atoms with Crippen molar-refractivity contribution < 1.29 is 9.21 Å². The van der Waals surface area contributed by atoms with Gasteiger partial charge in [-0.05, 0) is 25.3 Å². The van der Waals surface area contributed by atoms with Crippen molar-refractivity contribution in [1.82, 2.24) is 10.6 Å². The Hall–Kier alpha value is -2.33. The lowest BCUT2D eigenvalue weighted by molar-refractivity contribution is 0.0927. The van der Waals surface area contributed by atoms with Crippen LogP contribution in [0.25, 0.3) is 21.7 Å². The molecule has 4 nitrogen and oxygen atoms in total. The molecule has 0 aliphatic heterocycles. The van der Waals surface area contributed by atoms with Gasteiger partial charge in [-0.1, -0.05) is 43.3 Å². The Labute approximate surface area is 135 Å². The molecule has 0 aliphatic rings. The number of hydrogen-bond acceptors (Lipinski definition) is 3. The first-order valence-corrected chi connectivity index (χ1v) is 8.12. The molecule has 3 aromatic rings. The number of hydrogen-bond donors (Lipinski definition) is 2. The first kappa shape index (κ1) is 15.6. The van der Waals surface area contributed by atoms with Crippen molar-refractivity contribution in [2.24, 2.45) is 0 Å². The van der Waals surface area contributed by atoms with E-state index in [1.807, 2.05) is 37.3 Å². The van der Waals surface area contributed by atoms with Crippen LogP contribution in [0, 0.1) is 6.92 Å². The van der Waals surface area contributed by atoms with E-state index in [9.17, 15) is 4.79 Å². The van der Waals surface area contributed by atoms with Crippen LogP contribution in [0.4, 0.5) is 0 Å². The monoisotopic (exact) mass is 310 g/mol. The minimum Gasteiger partial charge on any atom is -0.450 e. The minimum absolute atomic E-state index is 0.152. The number of nitrogens with one attached hydrogen (secondary N) is 2. The van der Waals surface area contributed by atoms with Crippen molar-refractivity contribution in [2.75, 3.05) is 19.6 Å². The maximum atomic E-state index is 12.4. The Kier molecular flexibility index (Phi) is 4.63. The third kappa shape index (κ3) is 3.08. The molecule has 0 unspecified atom stereocenters. The maximum absolute atomic E-state index is 12.4. The predicted octanol–water partition coefficient (Wildman–Crippen LogP) is 3.62. The lowest BCUT2D eigenvalue weighted by Gasteiger charge is -2.04. The largest absolute Gasteiger partial charge is 0.450 e. The lowest BCUT2D eigenvalue weighted by Crippen LogP contribution is -2.32. The van der Waals surface area contributed by atoms with Crippen molar-refractivity contribution in [2.45, 2.75) is 20.3 Å². The van der Waals surface area contributed by atoms with Crippen molar-refractivity contribution in [3.05, 3.63) is 47.7 Å². The van der Waals surface area contributed by atoms with Crippen LogP contribution in [-0.2, 0) is 0 Å². The fraction of sp³-hybridized carbons (Fsp3) is 0.316. The van der Waals surface area contributed by atoms with Gasteiger partial charge in [-0.15, -0.1) is 0 Å². The maximum Gasteiger partial charge on any atom is 0.287 e. The standard InChI is InChI=1S/C19H22N2O2/c1-3-10-20-11-12-21-19(22)17-13(2)15-9-8-14-6-4-5-7-16(14)18(15)23-17/h4-9,20H,3,10-12H2,1-2H3,(H,21,22). The molecule has 0 spiro atoms. The molecule has 2 N–H and O–H groups in total. The summed E-state index contributed by atoms with van der Waals surface area (Å²) in [6.45, 7) is 6.38. The van der Waals surface area contributed by atoms with E-state index in [2.05, 4.69) is 23.6 Å². The number of amides is 1. The van der Waals surface area contributed by atoms with Crippen molar-refractivity contribution >= 4 is 27.6 Å². The zero-order chi connectivity index (χ0) is 16.2. The molecular weight excluding hydrogens is 288 g/mol. The number of aryl methyl sites for hydroxylation is 1. The van der Waals surface area contributed by atoms with Crippen LogP contribution in [-0.4, -0.2) is 25.5 Å². The number of carbonyl (C=O) groups is 1. The molecule has 2 aromatic carbocycles. The van der Waals surface area contributed by atoms with E-state index in [1.165, 1.54) is 0 Å². The average Bonchev–Trinajstić information content (AvgIpc) is 2.92. The first-order valence-electron chi connectivity index (χ1n) is 8.12. The highest BCUT2D eigenvalue weighted by atomic mass is 16.3. The SMILES string of the molecule is CCCNCCNC(=O)c1oc2c(ccc3ccccc32)c1C. The molecule has 0 saturated heterocycles. The van der Waals surface area contributed by atoms with E-state index in [4.69, 9.17) is 4.42 Å². The Balaban J connectivity index is 1.85. The van der Waals surface area contributed by atoms with Gasteiger partial charge in [-0.25, -0.2) is 0 Å². The normalized spacial score (nSPS) is 11.2. The second kappa shape index (κ2) is 6.84. The summed E-state index contributed by atoms with van der Waals surface area (Å²) in [5.41, 5.74) is 1.68. The highest BCUT2D eigenvalue weighted by Gasteiger charge is 2.18. The van der Waals surface area contributed by atoms with E-state index in [0.717, 1.165) is 46.8 Å². The number of rotatable bonds is 6. The third-order valence-electron chi connectivity index (χ3n) is 4.05. The molecule has 3 rings (SSSR count). The molecule has 0 fully saturated rings. The minimum atomic E-state index is -0.152. The summed E-state index contributed by atoms with van der Waals surface area (Å²) in [4.78, 5) is 12.4. The molecule has 120 valence electrons. The van der Waals surface area contributed by atoms with Crippen LogP contribution < -0.4 is 10.6 Å². The Morgan fingerprint density at radius 2 is 1.87 bits per heavy atom. The van der Waals surface area contributed by atoms with Gasteiger partial charge in [0.2, 0.25) is 0 Å². The van der Waals surface area contributed by atoms with Gasteiger partial charge < -0.3 is 15.1 Å². The number of carbonyl (C=O) groups excluding carboxylic acids is 1. The van der Waals surface area contributed by atoms with E-state index in [0.29, 0.717) is 12.3 Å². The van der Waals surface area contributed by atoms with Gasteiger partial charge in [0.1, 0.15) is 5.58 Å². The smallest absolute Gasteiger partial charge is 0.287 e. The zero-order valence-electron chi connectivity index (χ0n) is 13.6. The van der Waals surface area contributed by atoms with E-state index in [1.54, 1.807) is 0 Å². The van der Waals surface area contributed by atoms with Crippen molar-refractivity contribution in [3.8, 4) is 0 Å². The molecule has 0 bridgehead atoms. The zero-order valence-corrected chi connectivity index (χ0v) is 13.6. The highest BCUT2D eigenvalue weighted by molar-refractivity contribution is 6.08. The average molecular weight is 310 g/mol. The molecule has 1 aromatic heterocycles. The summed E-state index contributed by atoms with van der Waals surface area (Å²) in [7, 11) is 0. The van der Waals surface area contributed by atoms with Crippen LogP contribution >= 0.6 is 0 Å². The summed E-state index contributed by atoms with van der Waals surface area (Å²) in [6, 6.07) is 12.1. The molecule has 0 radical (unpaired) electrons. The Bertz CT molecular complexity index is 836. The fourth-order valence-electron chi connectivity index (χ4n) is 2.81. The van der Waals surface area contributed by atoms with E-state index < -0.39 is 0 Å². The summed E-state index contributed by atoms with van der Waals surface area (Å²) in [6.07, 6.45) is 1.09. The molecule has 1 amide bonds. The van der Waals surface area contributed by atoms with Gasteiger partial charge in [0.25, 0.3) is 5.91 Å². The third-order valence-corrected chi connectivity index (χ3v) is 4.05. The highest BCUT2D eigenvalue weighted by Crippen LogP contribution is 2.31. The first-order chi connectivity index (χ1) is 11.2. The Morgan fingerprint density at radius 1 is 1.04 bits per heavy atom. The van der Waals surface area contributed by atoms with Crippen LogP contribution in [0.15, 0.2) is 40.8 Å². The molecule has 0 atom stereocenters. The number of benzene rings is 2. The Morgan fingerprint density at radius 3 is 2.70 bits per heavy atom. The molecular formula is C19H22N2O2. The van der Waals surface area contributed by atoms with Crippen LogP contribution in [0.5, 0.6) is 0 Å². The molecule has 0 saturated carbocycles. The number of fused-ring (bicyclic) bond motifs is 3. The van der Waals surface area contributed by atoms with Crippen LogP contribution in [0.2, 0.25) is 0 Å². The van der Waals surface area contributed by atoms with Gasteiger partial charge >= 0.3 is 0 Å². The predicted molar refractivity (Wildman–Crippen MR) is 94.0 cm³/mol. The summed E-state index contributed by atoms with van der Waals surface area (Å²) >= 11 is 0. The van der Waals surface area contributed by atoms with Crippen molar-refractivity contribution in [3.63, 3.8) is 0 Å². The summed E-state index contributed by atoms with van der Waals surface area (Å²) in [5.74, 6) is 0.257. The van der Waals surface area contributed by atoms with E-state index >= 15 is 0 Å². The second-order valence-electron chi connectivity index (χ2n) is 5.73. The quantitative estimate of drug-likeness (QED) is 0.684. The van der Waals surface area contributed by atoms with Crippen molar-refractivity contribution in [1.29, 1.82) is 0 Å². The number of furan rings is 1. The van der Waals surface area contributed by atoms with Gasteiger partial charge in [0.15, 0.2) is 5.76 Å². The molecule has 23 heavy (non-hydrogen) atoms. The van der Waals surface area contributed by atoms with Gasteiger partial charge in [0, 0.05) is 29.4 Å². The fourth-order valence-corrected chi connectivity index (χ4v) is 2.81. The van der Waals surface area contributed by atoms with Crippen LogP contribution in [0.1, 0.15) is 29.5 Å².